The zero-order valence-electron chi connectivity index (χ0n) is 31.8. The normalized spacial score (nSPS) is 11.7. The lowest BCUT2D eigenvalue weighted by Gasteiger charge is -2.29. The van der Waals surface area contributed by atoms with E-state index >= 15 is 0 Å². The molecule has 3 heteroatoms. The standard InChI is InChI=1S/C54H38N2S/c1-35-14-3-11-23-49(35)55(42-28-26-37-16-5-7-18-39(37)32-42)51-25-13-22-46-45(51)30-31-47-48-34-41-20-9-10-21-44(41)52(54(48)57-53(46)47)56(50-24-12-4-15-36(50)2)43-29-27-38-17-6-8-19-40(38)33-43/h3-34H,1-2H3. The Morgan fingerprint density at radius 3 is 1.47 bits per heavy atom. The Morgan fingerprint density at radius 1 is 0.316 bits per heavy atom. The largest absolute Gasteiger partial charge is 0.310 e. The summed E-state index contributed by atoms with van der Waals surface area (Å²) in [4.78, 5) is 4.96. The molecule has 1 aromatic heterocycles. The van der Waals surface area contributed by atoms with Gasteiger partial charge in [0.2, 0.25) is 0 Å². The Kier molecular flexibility index (Phi) is 7.84. The summed E-state index contributed by atoms with van der Waals surface area (Å²) in [5.41, 5.74) is 9.49. The molecule has 0 N–H and O–H groups in total. The SMILES string of the molecule is Cc1ccccc1N(c1ccc2ccccc2c1)c1cccc2c1ccc1c3cc4ccccc4c(N(c4ccc5ccccc5c4)c4ccccc4C)c3sc21. The van der Waals surface area contributed by atoms with Crippen molar-refractivity contribution in [2.24, 2.45) is 0 Å². The Balaban J connectivity index is 1.20. The van der Waals surface area contributed by atoms with Crippen LogP contribution in [-0.2, 0) is 0 Å². The summed E-state index contributed by atoms with van der Waals surface area (Å²) in [6.45, 7) is 4.43. The summed E-state index contributed by atoms with van der Waals surface area (Å²) in [5, 5.41) is 12.4. The molecule has 0 amide bonds. The Labute approximate surface area is 336 Å². The molecule has 0 spiro atoms. The summed E-state index contributed by atoms with van der Waals surface area (Å²) in [6.07, 6.45) is 0. The third-order valence-corrected chi connectivity index (χ3v) is 12.9. The zero-order chi connectivity index (χ0) is 38.0. The molecule has 10 aromatic carbocycles. The van der Waals surface area contributed by atoms with Gasteiger partial charge in [0.05, 0.1) is 16.1 Å². The van der Waals surface area contributed by atoms with Gasteiger partial charge >= 0.3 is 0 Å². The highest BCUT2D eigenvalue weighted by Crippen LogP contribution is 2.52. The number of benzene rings is 10. The second kappa shape index (κ2) is 13.4. The van der Waals surface area contributed by atoms with E-state index in [4.69, 9.17) is 0 Å². The van der Waals surface area contributed by atoms with Crippen LogP contribution in [0.4, 0.5) is 34.1 Å². The predicted octanol–water partition coefficient (Wildman–Crippen LogP) is 16.2. The van der Waals surface area contributed by atoms with E-state index < -0.39 is 0 Å². The van der Waals surface area contributed by atoms with Crippen LogP contribution in [0.15, 0.2) is 194 Å². The Hall–Kier alpha value is -6.94. The number of anilines is 6. The molecule has 0 aliphatic carbocycles. The lowest BCUT2D eigenvalue weighted by Crippen LogP contribution is -2.12. The molecule has 0 saturated carbocycles. The maximum absolute atomic E-state index is 2.51. The summed E-state index contributed by atoms with van der Waals surface area (Å²) >= 11 is 1.92. The first-order chi connectivity index (χ1) is 28.1. The van der Waals surface area contributed by atoms with Crippen LogP contribution in [0, 0.1) is 13.8 Å². The first kappa shape index (κ1) is 33.4. The fourth-order valence-electron chi connectivity index (χ4n) is 8.82. The van der Waals surface area contributed by atoms with Crippen LogP contribution in [0.25, 0.3) is 63.3 Å². The van der Waals surface area contributed by atoms with Gasteiger partial charge in [-0.15, -0.1) is 11.3 Å². The molecular weight excluding hydrogens is 709 g/mol. The molecule has 270 valence electrons. The highest BCUT2D eigenvalue weighted by Gasteiger charge is 2.24. The number of hydrogen-bond donors (Lipinski definition) is 0. The minimum atomic E-state index is 1.14. The third-order valence-electron chi connectivity index (χ3n) is 11.6. The van der Waals surface area contributed by atoms with E-state index in [1.165, 1.54) is 97.1 Å². The summed E-state index contributed by atoms with van der Waals surface area (Å²) in [5.74, 6) is 0. The molecule has 0 aliphatic heterocycles. The molecule has 0 aliphatic rings. The molecule has 0 unspecified atom stereocenters. The van der Waals surface area contributed by atoms with Crippen molar-refractivity contribution in [2.75, 3.05) is 9.80 Å². The van der Waals surface area contributed by atoms with Crippen LogP contribution in [0.2, 0.25) is 0 Å². The predicted molar refractivity (Wildman–Crippen MR) is 248 cm³/mol. The summed E-state index contributed by atoms with van der Waals surface area (Å²) in [7, 11) is 0. The molecule has 57 heavy (non-hydrogen) atoms. The highest BCUT2D eigenvalue weighted by atomic mass is 32.1. The maximum Gasteiger partial charge on any atom is 0.0718 e. The molecule has 1 heterocycles. The second-order valence-electron chi connectivity index (χ2n) is 15.0. The highest BCUT2D eigenvalue weighted by molar-refractivity contribution is 7.27. The topological polar surface area (TPSA) is 6.48 Å². The minimum Gasteiger partial charge on any atom is -0.310 e. The summed E-state index contributed by atoms with van der Waals surface area (Å²) in [6, 6.07) is 71.4. The first-order valence-electron chi connectivity index (χ1n) is 19.6. The van der Waals surface area contributed by atoms with Gasteiger partial charge in [-0.25, -0.2) is 0 Å². The summed E-state index contributed by atoms with van der Waals surface area (Å²) < 4.78 is 2.58. The minimum absolute atomic E-state index is 1.14. The van der Waals surface area contributed by atoms with Crippen molar-refractivity contribution in [1.29, 1.82) is 0 Å². The van der Waals surface area contributed by atoms with Crippen LogP contribution in [-0.4, -0.2) is 0 Å². The molecule has 2 nitrogen and oxygen atoms in total. The molecule has 11 rings (SSSR count). The van der Waals surface area contributed by atoms with Crippen LogP contribution in [0.5, 0.6) is 0 Å². The maximum atomic E-state index is 2.51. The smallest absolute Gasteiger partial charge is 0.0718 e. The number of rotatable bonds is 6. The lowest BCUT2D eigenvalue weighted by atomic mass is 9.99. The van der Waals surface area contributed by atoms with Gasteiger partial charge in [0, 0.05) is 54.4 Å². The number of para-hydroxylation sites is 2. The van der Waals surface area contributed by atoms with Crippen LogP contribution in [0.3, 0.4) is 0 Å². The van der Waals surface area contributed by atoms with Crippen LogP contribution >= 0.6 is 11.3 Å². The average Bonchev–Trinajstić information content (AvgIpc) is 3.63. The van der Waals surface area contributed by atoms with Crippen molar-refractivity contribution in [3.05, 3.63) is 205 Å². The number of nitrogens with zero attached hydrogens (tertiary/aromatic N) is 2. The monoisotopic (exact) mass is 746 g/mol. The number of aryl methyl sites for hydroxylation is 2. The number of thiophene rings is 1. The number of fused-ring (bicyclic) bond motifs is 8. The fraction of sp³-hybridized carbons (Fsp3) is 0.0370. The molecule has 0 radical (unpaired) electrons. The van der Waals surface area contributed by atoms with Crippen LogP contribution in [0.1, 0.15) is 11.1 Å². The first-order valence-corrected chi connectivity index (χ1v) is 20.4. The average molecular weight is 747 g/mol. The van der Waals surface area contributed by atoms with E-state index in [0.717, 1.165) is 11.4 Å². The van der Waals surface area contributed by atoms with Crippen molar-refractivity contribution in [2.45, 2.75) is 13.8 Å². The quantitative estimate of drug-likeness (QED) is 0.167. The van der Waals surface area contributed by atoms with Gasteiger partial charge in [-0.3, -0.25) is 0 Å². The number of hydrogen-bond acceptors (Lipinski definition) is 3. The van der Waals surface area contributed by atoms with Crippen molar-refractivity contribution >= 4 is 109 Å². The van der Waals surface area contributed by atoms with Gasteiger partial charge < -0.3 is 9.80 Å². The Morgan fingerprint density at radius 2 is 0.807 bits per heavy atom. The van der Waals surface area contributed by atoms with E-state index in [-0.39, 0.29) is 0 Å². The Bertz CT molecular complexity index is 3360. The fourth-order valence-corrected chi connectivity index (χ4v) is 10.2. The molecular formula is C54H38N2S. The molecule has 0 bridgehead atoms. The molecule has 0 atom stereocenters. The molecule has 0 fully saturated rings. The van der Waals surface area contributed by atoms with Gasteiger partial charge in [0.1, 0.15) is 0 Å². The zero-order valence-corrected chi connectivity index (χ0v) is 32.6. The van der Waals surface area contributed by atoms with Crippen molar-refractivity contribution < 1.29 is 0 Å². The van der Waals surface area contributed by atoms with E-state index in [1.807, 2.05) is 11.3 Å². The molecule has 0 saturated heterocycles. The van der Waals surface area contributed by atoms with Gasteiger partial charge in [-0.1, -0.05) is 146 Å². The van der Waals surface area contributed by atoms with Gasteiger partial charge in [-0.05, 0) is 100 Å². The molecule has 11 aromatic rings. The van der Waals surface area contributed by atoms with Crippen molar-refractivity contribution in [3.8, 4) is 0 Å². The van der Waals surface area contributed by atoms with E-state index in [1.54, 1.807) is 0 Å². The van der Waals surface area contributed by atoms with Crippen molar-refractivity contribution in [1.82, 2.24) is 0 Å². The van der Waals surface area contributed by atoms with E-state index in [9.17, 15) is 0 Å². The van der Waals surface area contributed by atoms with Gasteiger partial charge in [-0.2, -0.15) is 0 Å². The second-order valence-corrected chi connectivity index (χ2v) is 16.1. The van der Waals surface area contributed by atoms with Crippen LogP contribution < -0.4 is 9.80 Å². The van der Waals surface area contributed by atoms with E-state index in [0.29, 0.717) is 0 Å². The lowest BCUT2D eigenvalue weighted by molar-refractivity contribution is 1.27. The van der Waals surface area contributed by atoms with Gasteiger partial charge in [0.15, 0.2) is 0 Å². The van der Waals surface area contributed by atoms with Crippen molar-refractivity contribution in [3.63, 3.8) is 0 Å². The van der Waals surface area contributed by atoms with Gasteiger partial charge in [0.25, 0.3) is 0 Å². The van der Waals surface area contributed by atoms with E-state index in [2.05, 4.69) is 218 Å². The third kappa shape index (κ3) is 5.46.